The fraction of sp³-hybridized carbons (Fsp3) is 0.600. The molecule has 0 unspecified atom stereocenters. The summed E-state index contributed by atoms with van der Waals surface area (Å²) in [7, 11) is 2.48. The monoisotopic (exact) mass is 165 g/mol. The van der Waals surface area contributed by atoms with Gasteiger partial charge in [-0.25, -0.2) is 4.79 Å². The molecule has 0 aliphatic rings. The summed E-state index contributed by atoms with van der Waals surface area (Å²) in [6, 6.07) is 0. The molecule has 0 aliphatic carbocycles. The van der Waals surface area contributed by atoms with E-state index < -0.39 is 0 Å². The molecule has 0 heterocycles. The maximum absolute atomic E-state index is 10.5. The van der Waals surface area contributed by atoms with Crippen LogP contribution < -0.4 is 0 Å². The average molecular weight is 165 g/mol. The molecule has 1 radical (unpaired) electrons. The number of carbonyl (C=O) groups excluding carboxylic acids is 1. The molecule has 9 heavy (non-hydrogen) atoms. The van der Waals surface area contributed by atoms with Gasteiger partial charge in [-0.1, -0.05) is 17.7 Å². The van der Waals surface area contributed by atoms with Gasteiger partial charge in [0.2, 0.25) is 0 Å². The molecular formula is C5H9O2S2. The van der Waals surface area contributed by atoms with Gasteiger partial charge in [0, 0.05) is 10.8 Å². The SMILES string of the molecule is CC[CH]OC(=O)SSC. The summed E-state index contributed by atoms with van der Waals surface area (Å²) in [5.74, 6) is 0. The first-order valence-corrected chi connectivity index (χ1v) is 5.10. The van der Waals surface area contributed by atoms with Crippen molar-refractivity contribution >= 4 is 26.9 Å². The highest BCUT2D eigenvalue weighted by Crippen LogP contribution is 2.19. The van der Waals surface area contributed by atoms with Crippen molar-refractivity contribution in [1.29, 1.82) is 0 Å². The fourth-order valence-electron chi connectivity index (χ4n) is 0.239. The highest BCUT2D eigenvalue weighted by molar-refractivity contribution is 8.81. The van der Waals surface area contributed by atoms with Crippen LogP contribution in [0, 0.1) is 6.61 Å². The Kier molecular flexibility index (Phi) is 6.41. The van der Waals surface area contributed by atoms with Crippen LogP contribution >= 0.6 is 21.6 Å². The van der Waals surface area contributed by atoms with Crippen LogP contribution in [-0.2, 0) is 4.74 Å². The largest absolute Gasteiger partial charge is 0.450 e. The summed E-state index contributed by atoms with van der Waals surface area (Å²) in [6.07, 6.45) is 2.60. The van der Waals surface area contributed by atoms with Gasteiger partial charge < -0.3 is 4.74 Å². The Bertz CT molecular complexity index is 85.0. The summed E-state index contributed by atoms with van der Waals surface area (Å²) in [4.78, 5) is 10.5. The molecule has 0 rings (SSSR count). The Hall–Kier alpha value is 0.170. The van der Waals surface area contributed by atoms with Crippen molar-refractivity contribution in [2.24, 2.45) is 0 Å². The van der Waals surface area contributed by atoms with Gasteiger partial charge in [0.15, 0.2) is 0 Å². The van der Waals surface area contributed by atoms with E-state index in [1.807, 2.05) is 13.2 Å². The van der Waals surface area contributed by atoms with Crippen molar-refractivity contribution < 1.29 is 9.53 Å². The van der Waals surface area contributed by atoms with Crippen molar-refractivity contribution in [3.63, 3.8) is 0 Å². The molecule has 0 aromatic heterocycles. The summed E-state index contributed by atoms with van der Waals surface area (Å²) >= 11 is 0. The van der Waals surface area contributed by atoms with Crippen LogP contribution in [-0.4, -0.2) is 11.6 Å². The Balaban J connectivity index is 3.06. The topological polar surface area (TPSA) is 26.3 Å². The van der Waals surface area contributed by atoms with Crippen LogP contribution in [0.4, 0.5) is 4.79 Å². The third kappa shape index (κ3) is 6.05. The van der Waals surface area contributed by atoms with Crippen LogP contribution in [0.25, 0.3) is 0 Å². The first-order chi connectivity index (χ1) is 4.31. The number of hydrogen-bond donors (Lipinski definition) is 0. The Labute approximate surface area is 63.1 Å². The van der Waals surface area contributed by atoms with Gasteiger partial charge in [0.05, 0.1) is 0 Å². The first-order valence-electron chi connectivity index (χ1n) is 2.54. The van der Waals surface area contributed by atoms with Gasteiger partial charge in [0.25, 0.3) is 0 Å². The van der Waals surface area contributed by atoms with Gasteiger partial charge in [-0.2, -0.15) is 0 Å². The van der Waals surface area contributed by atoms with E-state index in [9.17, 15) is 4.79 Å². The molecule has 0 saturated carbocycles. The third-order valence-corrected chi connectivity index (χ3v) is 1.80. The van der Waals surface area contributed by atoms with Crippen LogP contribution in [0.2, 0.25) is 0 Å². The zero-order chi connectivity index (χ0) is 7.11. The molecular weight excluding hydrogens is 156 g/mol. The van der Waals surface area contributed by atoms with Gasteiger partial charge in [-0.3, -0.25) is 0 Å². The predicted molar refractivity (Wildman–Crippen MR) is 42.2 cm³/mol. The highest BCUT2D eigenvalue weighted by atomic mass is 33.1. The van der Waals surface area contributed by atoms with Crippen molar-refractivity contribution in [3.8, 4) is 0 Å². The molecule has 0 aromatic rings. The minimum atomic E-state index is -0.246. The molecule has 0 aliphatic heterocycles. The first kappa shape index (κ1) is 9.17. The Morgan fingerprint density at radius 3 is 2.89 bits per heavy atom. The van der Waals surface area contributed by atoms with Crippen molar-refractivity contribution in [2.45, 2.75) is 13.3 Å². The molecule has 0 amide bonds. The van der Waals surface area contributed by atoms with E-state index in [4.69, 9.17) is 0 Å². The van der Waals surface area contributed by atoms with E-state index in [1.165, 1.54) is 17.4 Å². The third-order valence-electron chi connectivity index (χ3n) is 0.498. The maximum Gasteiger partial charge on any atom is 0.378 e. The van der Waals surface area contributed by atoms with Crippen molar-refractivity contribution in [1.82, 2.24) is 0 Å². The van der Waals surface area contributed by atoms with Crippen LogP contribution in [0.5, 0.6) is 0 Å². The Morgan fingerprint density at radius 2 is 2.44 bits per heavy atom. The molecule has 53 valence electrons. The fourth-order valence-corrected chi connectivity index (χ4v) is 1.01. The summed E-state index contributed by atoms with van der Waals surface area (Å²) in [6.45, 7) is 3.41. The lowest BCUT2D eigenvalue weighted by Crippen LogP contribution is -1.90. The lowest BCUT2D eigenvalue weighted by atomic mass is 10.5. The molecule has 0 spiro atoms. The molecule has 2 nitrogen and oxygen atoms in total. The van der Waals surface area contributed by atoms with E-state index >= 15 is 0 Å². The molecule has 0 bridgehead atoms. The van der Waals surface area contributed by atoms with E-state index in [0.29, 0.717) is 0 Å². The normalized spacial score (nSPS) is 9.11. The van der Waals surface area contributed by atoms with Gasteiger partial charge in [0.1, 0.15) is 6.61 Å². The van der Waals surface area contributed by atoms with E-state index in [-0.39, 0.29) is 5.30 Å². The van der Waals surface area contributed by atoms with Gasteiger partial charge in [-0.05, 0) is 12.7 Å². The number of rotatable bonds is 3. The molecule has 0 aromatic carbocycles. The predicted octanol–water partition coefficient (Wildman–Crippen LogP) is 2.71. The minimum absolute atomic E-state index is 0.246. The smallest absolute Gasteiger partial charge is 0.378 e. The minimum Gasteiger partial charge on any atom is -0.450 e. The Morgan fingerprint density at radius 1 is 1.78 bits per heavy atom. The standard InChI is InChI=1S/C5H9O2S2/c1-3-4-7-5(6)9-8-2/h4H,3H2,1-2H3. The maximum atomic E-state index is 10.5. The number of ether oxygens (including phenoxy) is 1. The lowest BCUT2D eigenvalue weighted by molar-refractivity contribution is 0.199. The van der Waals surface area contributed by atoms with Gasteiger partial charge in [-0.15, -0.1) is 0 Å². The average Bonchev–Trinajstić information content (AvgIpc) is 1.85. The summed E-state index contributed by atoms with van der Waals surface area (Å²) < 4.78 is 4.61. The van der Waals surface area contributed by atoms with E-state index in [2.05, 4.69) is 4.74 Å². The lowest BCUT2D eigenvalue weighted by Gasteiger charge is -1.96. The summed E-state index contributed by atoms with van der Waals surface area (Å²) in [5, 5.41) is -0.246. The highest BCUT2D eigenvalue weighted by Gasteiger charge is 1.99. The van der Waals surface area contributed by atoms with Crippen LogP contribution in [0.3, 0.4) is 0 Å². The van der Waals surface area contributed by atoms with E-state index in [0.717, 1.165) is 17.2 Å². The molecule has 0 N–H and O–H groups in total. The number of hydrogen-bond acceptors (Lipinski definition) is 4. The quantitative estimate of drug-likeness (QED) is 0.474. The van der Waals surface area contributed by atoms with Crippen molar-refractivity contribution in [2.75, 3.05) is 6.26 Å². The second kappa shape index (κ2) is 6.29. The number of carbonyl (C=O) groups is 1. The zero-order valence-corrected chi connectivity index (χ0v) is 7.05. The van der Waals surface area contributed by atoms with Crippen LogP contribution in [0.1, 0.15) is 13.3 Å². The van der Waals surface area contributed by atoms with Crippen LogP contribution in [0.15, 0.2) is 0 Å². The molecule has 4 heteroatoms. The molecule has 0 atom stereocenters. The zero-order valence-electron chi connectivity index (χ0n) is 5.42. The second-order valence-corrected chi connectivity index (χ2v) is 3.53. The molecule has 0 saturated heterocycles. The second-order valence-electron chi connectivity index (χ2n) is 1.19. The van der Waals surface area contributed by atoms with Crippen molar-refractivity contribution in [3.05, 3.63) is 6.61 Å². The summed E-state index contributed by atoms with van der Waals surface area (Å²) in [5.41, 5.74) is 0. The molecule has 0 fully saturated rings. The van der Waals surface area contributed by atoms with Gasteiger partial charge >= 0.3 is 5.30 Å². The van der Waals surface area contributed by atoms with E-state index in [1.54, 1.807) is 0 Å².